The minimum absolute atomic E-state index is 0.128. The van der Waals surface area contributed by atoms with E-state index in [1.54, 1.807) is 17.4 Å². The van der Waals surface area contributed by atoms with E-state index in [4.69, 9.17) is 4.74 Å². The van der Waals surface area contributed by atoms with Crippen molar-refractivity contribution in [1.29, 1.82) is 0 Å². The number of ether oxygens (including phenoxy) is 1. The fourth-order valence-corrected chi connectivity index (χ4v) is 5.12. The van der Waals surface area contributed by atoms with Gasteiger partial charge in [-0.15, -0.1) is 11.3 Å². The molecule has 1 aliphatic carbocycles. The van der Waals surface area contributed by atoms with Gasteiger partial charge in [-0.2, -0.15) is 5.10 Å². The number of fused-ring (bicyclic) bond motifs is 3. The third kappa shape index (κ3) is 4.24. The molecule has 10 nitrogen and oxygen atoms in total. The smallest absolute Gasteiger partial charge is 0.311 e. The van der Waals surface area contributed by atoms with Gasteiger partial charge in [0.05, 0.1) is 30.0 Å². The van der Waals surface area contributed by atoms with Crippen LogP contribution < -0.4 is 15.7 Å². The highest BCUT2D eigenvalue weighted by Crippen LogP contribution is 2.35. The number of amides is 1. The first-order valence-corrected chi connectivity index (χ1v) is 10.8. The third-order valence-corrected chi connectivity index (χ3v) is 6.56. The maximum atomic E-state index is 13.0. The van der Waals surface area contributed by atoms with Crippen molar-refractivity contribution in [3.8, 4) is 5.75 Å². The normalized spacial score (nSPS) is 15.6. The highest BCUT2D eigenvalue weighted by atomic mass is 32.1. The number of aromatic nitrogens is 2. The number of nitro groups is 1. The Hall–Kier alpha value is -3.60. The summed E-state index contributed by atoms with van der Waals surface area (Å²) in [7, 11) is 1.34. The molecule has 0 spiro atoms. The van der Waals surface area contributed by atoms with E-state index in [1.165, 1.54) is 41.2 Å². The number of nitrogens with one attached hydrogen (secondary N) is 1. The molecule has 1 aromatic carbocycles. The third-order valence-electron chi connectivity index (χ3n) is 5.40. The van der Waals surface area contributed by atoms with Gasteiger partial charge in [0.1, 0.15) is 11.4 Å². The van der Waals surface area contributed by atoms with E-state index in [-0.39, 0.29) is 23.5 Å². The zero-order chi connectivity index (χ0) is 22.8. The van der Waals surface area contributed by atoms with Crippen molar-refractivity contribution in [2.24, 2.45) is 11.0 Å². The second kappa shape index (κ2) is 8.87. The molecule has 2 heterocycles. The molecular formula is C21H21N5O5S. The largest absolute Gasteiger partial charge is 0.490 e. The number of hydrogen-bond donors (Lipinski definition) is 1. The number of nitro benzene ring substituents is 1. The summed E-state index contributed by atoms with van der Waals surface area (Å²) >= 11 is 1.56. The lowest BCUT2D eigenvalue weighted by Gasteiger charge is -2.17. The summed E-state index contributed by atoms with van der Waals surface area (Å²) in [4.78, 5) is 42.1. The average Bonchev–Trinajstić information content (AvgIpc) is 3.13. The minimum atomic E-state index is -0.561. The van der Waals surface area contributed by atoms with Crippen LogP contribution in [0.15, 0.2) is 34.4 Å². The van der Waals surface area contributed by atoms with Crippen molar-refractivity contribution >= 4 is 39.4 Å². The van der Waals surface area contributed by atoms with Crippen LogP contribution in [0, 0.1) is 16.0 Å². The first-order valence-electron chi connectivity index (χ1n) is 10.0. The van der Waals surface area contributed by atoms with Gasteiger partial charge in [-0.25, -0.2) is 10.4 Å². The number of methoxy groups -OCH3 is 1. The van der Waals surface area contributed by atoms with E-state index in [0.29, 0.717) is 21.7 Å². The molecule has 3 aromatic rings. The molecule has 0 aliphatic heterocycles. The number of carbonyl (C=O) groups excluding carboxylic acids is 1. The molecule has 0 saturated heterocycles. The summed E-state index contributed by atoms with van der Waals surface area (Å²) in [5.41, 5.74) is 3.38. The number of hydrazone groups is 1. The molecule has 0 saturated carbocycles. The Balaban J connectivity index is 1.48. The summed E-state index contributed by atoms with van der Waals surface area (Å²) in [6.07, 6.45) is 5.50. The quantitative estimate of drug-likeness (QED) is 0.346. The standard InChI is InChI=1S/C21H21N5O5S/c1-12-3-5-14-17(7-12)32-20-19(14)21(28)25(11-22-20)10-18(27)24-23-9-13-4-6-16(31-2)15(8-13)26(29)30/h4,6,8-9,11-12H,3,5,7,10H2,1-2H3,(H,24,27). The number of carbonyl (C=O) groups is 1. The van der Waals surface area contributed by atoms with Gasteiger partial charge >= 0.3 is 5.69 Å². The Morgan fingerprint density at radius 2 is 2.31 bits per heavy atom. The predicted molar refractivity (Wildman–Crippen MR) is 120 cm³/mol. The lowest BCUT2D eigenvalue weighted by atomic mass is 9.89. The van der Waals surface area contributed by atoms with Gasteiger partial charge in [-0.1, -0.05) is 6.92 Å². The van der Waals surface area contributed by atoms with Gasteiger partial charge in [-0.05, 0) is 42.9 Å². The molecule has 1 N–H and O–H groups in total. The predicted octanol–water partition coefficient (Wildman–Crippen LogP) is 2.65. The van der Waals surface area contributed by atoms with Crippen molar-refractivity contribution in [2.45, 2.75) is 32.7 Å². The summed E-state index contributed by atoms with van der Waals surface area (Å²) in [5.74, 6) is 0.210. The Morgan fingerprint density at radius 1 is 1.50 bits per heavy atom. The lowest BCUT2D eigenvalue weighted by molar-refractivity contribution is -0.385. The summed E-state index contributed by atoms with van der Waals surface area (Å²) < 4.78 is 6.23. The summed E-state index contributed by atoms with van der Waals surface area (Å²) in [6, 6.07) is 4.31. The first kappa shape index (κ1) is 21.6. The van der Waals surface area contributed by atoms with E-state index >= 15 is 0 Å². The van der Waals surface area contributed by atoms with Crippen LogP contribution in [0.3, 0.4) is 0 Å². The zero-order valence-electron chi connectivity index (χ0n) is 17.5. The molecule has 11 heteroatoms. The van der Waals surface area contributed by atoms with Crippen LogP contribution in [-0.4, -0.2) is 33.7 Å². The topological polar surface area (TPSA) is 129 Å². The maximum Gasteiger partial charge on any atom is 0.311 e. The van der Waals surface area contributed by atoms with Crippen molar-refractivity contribution in [1.82, 2.24) is 15.0 Å². The Morgan fingerprint density at radius 3 is 3.06 bits per heavy atom. The molecule has 1 unspecified atom stereocenters. The second-order valence-corrected chi connectivity index (χ2v) is 8.77. The highest BCUT2D eigenvalue weighted by Gasteiger charge is 2.23. The van der Waals surface area contributed by atoms with E-state index < -0.39 is 10.8 Å². The van der Waals surface area contributed by atoms with Crippen LogP contribution in [0.25, 0.3) is 10.2 Å². The minimum Gasteiger partial charge on any atom is -0.490 e. The van der Waals surface area contributed by atoms with Gasteiger partial charge in [0.15, 0.2) is 5.75 Å². The van der Waals surface area contributed by atoms with Crippen LogP contribution in [0.4, 0.5) is 5.69 Å². The van der Waals surface area contributed by atoms with Gasteiger partial charge in [0.2, 0.25) is 0 Å². The van der Waals surface area contributed by atoms with Gasteiger partial charge in [0, 0.05) is 16.5 Å². The molecular weight excluding hydrogens is 434 g/mol. The summed E-state index contributed by atoms with van der Waals surface area (Å²) in [6.45, 7) is 1.97. The van der Waals surface area contributed by atoms with E-state index in [2.05, 4.69) is 22.4 Å². The molecule has 1 aliphatic rings. The van der Waals surface area contributed by atoms with Crippen LogP contribution in [0.2, 0.25) is 0 Å². The molecule has 1 atom stereocenters. The second-order valence-electron chi connectivity index (χ2n) is 7.69. The van der Waals surface area contributed by atoms with E-state index in [1.807, 2.05) is 0 Å². The molecule has 4 rings (SSSR count). The Bertz CT molecular complexity index is 1300. The molecule has 2 aromatic heterocycles. The van der Waals surface area contributed by atoms with Crippen molar-refractivity contribution in [3.63, 3.8) is 0 Å². The molecule has 0 fully saturated rings. The number of nitrogens with zero attached hydrogens (tertiary/aromatic N) is 4. The fourth-order valence-electron chi connectivity index (χ4n) is 3.78. The SMILES string of the molecule is COc1ccc(C=NNC(=O)Cn2cnc3sc4c(c3c2=O)CCC(C)C4)cc1[N+](=O)[O-]. The van der Waals surface area contributed by atoms with Gasteiger partial charge < -0.3 is 4.74 Å². The number of aryl methyl sites for hydroxylation is 1. The first-order chi connectivity index (χ1) is 15.4. The average molecular weight is 455 g/mol. The number of rotatable bonds is 6. The maximum absolute atomic E-state index is 13.0. The van der Waals surface area contributed by atoms with E-state index in [0.717, 1.165) is 24.8 Å². The molecule has 0 bridgehead atoms. The van der Waals surface area contributed by atoms with Crippen molar-refractivity contribution in [2.75, 3.05) is 7.11 Å². The molecule has 1 amide bonds. The molecule has 32 heavy (non-hydrogen) atoms. The highest BCUT2D eigenvalue weighted by molar-refractivity contribution is 7.18. The lowest BCUT2D eigenvalue weighted by Crippen LogP contribution is -2.30. The Labute approximate surface area is 186 Å². The van der Waals surface area contributed by atoms with Gasteiger partial charge in [0.25, 0.3) is 11.5 Å². The number of benzene rings is 1. The van der Waals surface area contributed by atoms with Crippen LogP contribution >= 0.6 is 11.3 Å². The fraction of sp³-hybridized carbons (Fsp3) is 0.333. The molecule has 0 radical (unpaired) electrons. The van der Waals surface area contributed by atoms with Crippen LogP contribution in [-0.2, 0) is 24.2 Å². The summed E-state index contributed by atoms with van der Waals surface area (Å²) in [5, 5.41) is 15.5. The van der Waals surface area contributed by atoms with Crippen LogP contribution in [0.5, 0.6) is 5.75 Å². The Kier molecular flexibility index (Phi) is 5.99. The zero-order valence-corrected chi connectivity index (χ0v) is 18.3. The molecule has 166 valence electrons. The van der Waals surface area contributed by atoms with E-state index in [9.17, 15) is 19.7 Å². The van der Waals surface area contributed by atoms with Gasteiger partial charge in [-0.3, -0.25) is 24.3 Å². The van der Waals surface area contributed by atoms with Crippen LogP contribution in [0.1, 0.15) is 29.3 Å². The number of hydrogen-bond acceptors (Lipinski definition) is 8. The number of thiophene rings is 1. The monoisotopic (exact) mass is 455 g/mol. The van der Waals surface area contributed by atoms with Crippen molar-refractivity contribution in [3.05, 3.63) is 61.0 Å². The van der Waals surface area contributed by atoms with Crippen molar-refractivity contribution < 1.29 is 14.5 Å².